The van der Waals surface area contributed by atoms with Gasteiger partial charge < -0.3 is 5.11 Å². The summed E-state index contributed by atoms with van der Waals surface area (Å²) in [6.07, 6.45) is 0. The van der Waals surface area contributed by atoms with E-state index < -0.39 is 11.9 Å². The molecule has 0 aliphatic carbocycles. The average Bonchev–Trinajstić information content (AvgIpc) is 1.83. The first-order valence-electron chi connectivity index (χ1n) is 3.42. The van der Waals surface area contributed by atoms with Gasteiger partial charge in [0.15, 0.2) is 0 Å². The summed E-state index contributed by atoms with van der Waals surface area (Å²) in [4.78, 5) is 11.6. The van der Waals surface area contributed by atoms with Gasteiger partial charge in [0, 0.05) is 12.1 Å². The van der Waals surface area contributed by atoms with Crippen LogP contribution in [0, 0.1) is 0 Å². The molecule has 0 aromatic rings. The molecule has 1 saturated heterocycles. The van der Waals surface area contributed by atoms with E-state index in [9.17, 15) is 13.6 Å². The lowest BCUT2D eigenvalue weighted by atomic mass is 10.1. The van der Waals surface area contributed by atoms with Crippen LogP contribution in [0.5, 0.6) is 0 Å². The van der Waals surface area contributed by atoms with Gasteiger partial charge in [-0.1, -0.05) is 6.58 Å². The number of nitrogens with zero attached hydrogens (tertiary/aromatic N) is 1. The molecule has 0 bridgehead atoms. The maximum absolute atomic E-state index is 12.2. The molecule has 0 atom stereocenters. The molecule has 0 aromatic heterocycles. The highest BCUT2D eigenvalue weighted by Crippen LogP contribution is 2.26. The molecule has 0 unspecified atom stereocenters. The van der Waals surface area contributed by atoms with Crippen molar-refractivity contribution >= 4 is 5.97 Å². The van der Waals surface area contributed by atoms with Crippen LogP contribution in [0.2, 0.25) is 0 Å². The quantitative estimate of drug-likeness (QED) is 0.641. The summed E-state index contributed by atoms with van der Waals surface area (Å²) in [5.74, 6) is -3.77. The third kappa shape index (κ3) is 2.01. The van der Waals surface area contributed by atoms with Gasteiger partial charge in [-0.3, -0.25) is 4.90 Å². The van der Waals surface area contributed by atoms with E-state index in [1.54, 1.807) is 0 Å². The van der Waals surface area contributed by atoms with Gasteiger partial charge in [0.1, 0.15) is 0 Å². The first kappa shape index (κ1) is 9.12. The molecule has 12 heavy (non-hydrogen) atoms. The minimum atomic E-state index is -2.64. The number of halogens is 2. The highest BCUT2D eigenvalue weighted by atomic mass is 19.3. The van der Waals surface area contributed by atoms with Crippen LogP contribution in [-0.4, -0.2) is 41.5 Å². The van der Waals surface area contributed by atoms with Crippen LogP contribution in [0.1, 0.15) is 0 Å². The minimum Gasteiger partial charge on any atom is -0.478 e. The summed E-state index contributed by atoms with van der Waals surface area (Å²) in [6.45, 7) is 2.53. The fourth-order valence-electron chi connectivity index (χ4n) is 1.06. The molecule has 1 aliphatic heterocycles. The van der Waals surface area contributed by atoms with Crippen molar-refractivity contribution in [1.29, 1.82) is 0 Å². The second-order valence-corrected chi connectivity index (χ2v) is 2.91. The second kappa shape index (κ2) is 2.82. The summed E-state index contributed by atoms with van der Waals surface area (Å²) in [6, 6.07) is 0. The Morgan fingerprint density at radius 2 is 2.08 bits per heavy atom. The Kier molecular flexibility index (Phi) is 2.14. The molecular formula is C7H9F2NO2. The van der Waals surface area contributed by atoms with Gasteiger partial charge >= 0.3 is 5.97 Å². The molecule has 3 nitrogen and oxygen atoms in total. The van der Waals surface area contributed by atoms with E-state index in [1.165, 1.54) is 4.90 Å². The van der Waals surface area contributed by atoms with E-state index in [1.807, 2.05) is 0 Å². The zero-order chi connectivity index (χ0) is 9.35. The molecule has 1 heterocycles. The van der Waals surface area contributed by atoms with Gasteiger partial charge in [-0.2, -0.15) is 0 Å². The van der Waals surface area contributed by atoms with E-state index in [4.69, 9.17) is 5.11 Å². The van der Waals surface area contributed by atoms with Gasteiger partial charge in [0.05, 0.1) is 13.1 Å². The highest BCUT2D eigenvalue weighted by Gasteiger charge is 2.43. The van der Waals surface area contributed by atoms with Crippen LogP contribution < -0.4 is 0 Å². The van der Waals surface area contributed by atoms with Crippen molar-refractivity contribution in [2.45, 2.75) is 5.92 Å². The van der Waals surface area contributed by atoms with Gasteiger partial charge in [0.2, 0.25) is 0 Å². The van der Waals surface area contributed by atoms with Crippen molar-refractivity contribution in [2.24, 2.45) is 0 Å². The summed E-state index contributed by atoms with van der Waals surface area (Å²) >= 11 is 0. The van der Waals surface area contributed by atoms with Crippen LogP contribution >= 0.6 is 0 Å². The number of hydrogen-bond donors (Lipinski definition) is 1. The largest absolute Gasteiger partial charge is 0.478 e. The van der Waals surface area contributed by atoms with Crippen molar-refractivity contribution in [3.63, 3.8) is 0 Å². The molecule has 0 radical (unpaired) electrons. The number of alkyl halides is 2. The van der Waals surface area contributed by atoms with Crippen LogP contribution in [0.15, 0.2) is 12.2 Å². The Balaban J connectivity index is 2.28. The molecule has 0 spiro atoms. The molecule has 0 amide bonds. The van der Waals surface area contributed by atoms with Crippen molar-refractivity contribution in [3.05, 3.63) is 12.2 Å². The number of rotatable bonds is 3. The molecule has 1 rings (SSSR count). The molecule has 1 aliphatic rings. The smallest absolute Gasteiger partial charge is 0.332 e. The SMILES string of the molecule is C=C(CN1CC(F)(F)C1)C(=O)O. The van der Waals surface area contributed by atoms with Crippen LogP contribution in [0.3, 0.4) is 0 Å². The number of carbonyl (C=O) groups is 1. The normalized spacial score (nSPS) is 21.5. The van der Waals surface area contributed by atoms with E-state index in [0.29, 0.717) is 0 Å². The Morgan fingerprint density at radius 1 is 1.58 bits per heavy atom. The van der Waals surface area contributed by atoms with Crippen molar-refractivity contribution in [1.82, 2.24) is 4.90 Å². The van der Waals surface area contributed by atoms with Gasteiger partial charge in [-0.25, -0.2) is 13.6 Å². The minimum absolute atomic E-state index is 0.0188. The number of carboxylic acids is 1. The van der Waals surface area contributed by atoms with Crippen molar-refractivity contribution in [3.8, 4) is 0 Å². The third-order valence-corrected chi connectivity index (χ3v) is 1.63. The molecule has 68 valence electrons. The summed E-state index contributed by atoms with van der Waals surface area (Å²) in [5.41, 5.74) is -0.0505. The Bertz CT molecular complexity index is 219. The first-order valence-corrected chi connectivity index (χ1v) is 3.42. The van der Waals surface area contributed by atoms with E-state index in [0.717, 1.165) is 0 Å². The molecule has 5 heteroatoms. The molecule has 1 N–H and O–H groups in total. The van der Waals surface area contributed by atoms with Crippen molar-refractivity contribution in [2.75, 3.05) is 19.6 Å². The van der Waals surface area contributed by atoms with E-state index in [2.05, 4.69) is 6.58 Å². The van der Waals surface area contributed by atoms with Crippen LogP contribution in [0.25, 0.3) is 0 Å². The zero-order valence-electron chi connectivity index (χ0n) is 6.39. The fourth-order valence-corrected chi connectivity index (χ4v) is 1.06. The number of carboxylic acid groups (broad SMARTS) is 1. The summed E-state index contributed by atoms with van der Waals surface area (Å²) in [5, 5.41) is 8.37. The molecule has 0 aromatic carbocycles. The van der Waals surface area contributed by atoms with Crippen LogP contribution in [0.4, 0.5) is 8.78 Å². The topological polar surface area (TPSA) is 40.5 Å². The van der Waals surface area contributed by atoms with Gasteiger partial charge in [0.25, 0.3) is 5.92 Å². The van der Waals surface area contributed by atoms with E-state index >= 15 is 0 Å². The number of aliphatic carboxylic acids is 1. The first-order chi connectivity index (χ1) is 5.41. The average molecular weight is 177 g/mol. The zero-order valence-corrected chi connectivity index (χ0v) is 6.39. The highest BCUT2D eigenvalue weighted by molar-refractivity contribution is 5.86. The molecule has 1 fully saturated rings. The maximum Gasteiger partial charge on any atom is 0.332 e. The van der Waals surface area contributed by atoms with Gasteiger partial charge in [-0.05, 0) is 0 Å². The second-order valence-electron chi connectivity index (χ2n) is 2.91. The van der Waals surface area contributed by atoms with Crippen LogP contribution in [-0.2, 0) is 4.79 Å². The Morgan fingerprint density at radius 3 is 2.42 bits per heavy atom. The van der Waals surface area contributed by atoms with Gasteiger partial charge in [-0.15, -0.1) is 0 Å². The molecular weight excluding hydrogens is 168 g/mol. The van der Waals surface area contributed by atoms with Crippen molar-refractivity contribution < 1.29 is 18.7 Å². The predicted molar refractivity (Wildman–Crippen MR) is 38.2 cm³/mol. The lowest BCUT2D eigenvalue weighted by Gasteiger charge is -2.38. The fraction of sp³-hybridized carbons (Fsp3) is 0.571. The summed E-state index contributed by atoms with van der Waals surface area (Å²) < 4.78 is 24.4. The maximum atomic E-state index is 12.2. The Hall–Kier alpha value is -0.970. The summed E-state index contributed by atoms with van der Waals surface area (Å²) in [7, 11) is 0. The molecule has 0 saturated carbocycles. The Labute approximate surface area is 68.3 Å². The predicted octanol–water partition coefficient (Wildman–Crippen LogP) is 0.578. The lowest BCUT2D eigenvalue weighted by molar-refractivity contribution is -0.138. The van der Waals surface area contributed by atoms with E-state index in [-0.39, 0.29) is 25.2 Å². The monoisotopic (exact) mass is 177 g/mol. The number of hydrogen-bond acceptors (Lipinski definition) is 2. The number of likely N-dealkylation sites (tertiary alicyclic amines) is 1. The third-order valence-electron chi connectivity index (χ3n) is 1.63. The lowest BCUT2D eigenvalue weighted by Crippen LogP contribution is -2.56. The standard InChI is InChI=1S/C7H9F2NO2/c1-5(6(11)12)2-10-3-7(8,9)4-10/h1-4H2,(H,11,12).